The van der Waals surface area contributed by atoms with Crippen molar-refractivity contribution >= 4 is 5.91 Å². The van der Waals surface area contributed by atoms with Crippen molar-refractivity contribution in [3.8, 4) is 0 Å². The molecule has 14 heavy (non-hydrogen) atoms. The summed E-state index contributed by atoms with van der Waals surface area (Å²) >= 11 is 0. The van der Waals surface area contributed by atoms with Gasteiger partial charge >= 0.3 is 0 Å². The summed E-state index contributed by atoms with van der Waals surface area (Å²) in [5.74, 6) is 0.331. The van der Waals surface area contributed by atoms with E-state index in [1.54, 1.807) is 0 Å². The molecule has 0 radical (unpaired) electrons. The van der Waals surface area contributed by atoms with Gasteiger partial charge < -0.3 is 16.2 Å². The minimum Gasteiger partial charge on any atom is -0.396 e. The van der Waals surface area contributed by atoms with Crippen molar-refractivity contribution in [3.63, 3.8) is 0 Å². The number of aliphatic hydroxyl groups is 1. The van der Waals surface area contributed by atoms with Crippen LogP contribution in [0, 0.1) is 5.92 Å². The fourth-order valence-corrected chi connectivity index (χ4v) is 1.13. The first-order chi connectivity index (χ1) is 6.56. The summed E-state index contributed by atoms with van der Waals surface area (Å²) in [5.41, 5.74) is 5.47. The van der Waals surface area contributed by atoms with Crippen LogP contribution in [0.5, 0.6) is 0 Å². The Balaban J connectivity index is 3.31. The van der Waals surface area contributed by atoms with Gasteiger partial charge in [0.2, 0.25) is 5.91 Å². The summed E-state index contributed by atoms with van der Waals surface area (Å²) < 4.78 is 0. The molecule has 0 spiro atoms. The number of amides is 1. The number of nitrogens with one attached hydrogen (secondary N) is 1. The van der Waals surface area contributed by atoms with Crippen LogP contribution in [0.1, 0.15) is 33.1 Å². The van der Waals surface area contributed by atoms with Crippen LogP contribution >= 0.6 is 0 Å². The number of nitrogens with two attached hydrogens (primary N) is 1. The molecule has 84 valence electrons. The van der Waals surface area contributed by atoms with Crippen molar-refractivity contribution in [2.24, 2.45) is 11.7 Å². The van der Waals surface area contributed by atoms with Gasteiger partial charge in [0.25, 0.3) is 0 Å². The molecule has 0 saturated carbocycles. The molecule has 0 aliphatic heterocycles. The van der Waals surface area contributed by atoms with Gasteiger partial charge in [-0.2, -0.15) is 0 Å². The van der Waals surface area contributed by atoms with E-state index in [4.69, 9.17) is 10.8 Å². The monoisotopic (exact) mass is 202 g/mol. The number of aliphatic hydroxyl groups excluding tert-OH is 1. The Hall–Kier alpha value is -0.610. The average molecular weight is 202 g/mol. The van der Waals surface area contributed by atoms with Crippen molar-refractivity contribution in [2.45, 2.75) is 39.2 Å². The van der Waals surface area contributed by atoms with Crippen LogP contribution in [-0.2, 0) is 4.79 Å². The van der Waals surface area contributed by atoms with Crippen LogP contribution in [-0.4, -0.2) is 30.2 Å². The summed E-state index contributed by atoms with van der Waals surface area (Å²) in [6, 6.07) is -0.0774. The van der Waals surface area contributed by atoms with Gasteiger partial charge in [0.15, 0.2) is 0 Å². The van der Waals surface area contributed by atoms with E-state index in [1.165, 1.54) is 0 Å². The normalized spacial score (nSPS) is 14.9. The summed E-state index contributed by atoms with van der Waals surface area (Å²) in [7, 11) is 0. The summed E-state index contributed by atoms with van der Waals surface area (Å²) in [6.45, 7) is 4.70. The Morgan fingerprint density at radius 1 is 1.50 bits per heavy atom. The highest BCUT2D eigenvalue weighted by Crippen LogP contribution is 2.02. The number of carbonyl (C=O) groups excluding carboxylic acids is 1. The number of rotatable bonds is 7. The topological polar surface area (TPSA) is 75.4 Å². The van der Waals surface area contributed by atoms with E-state index in [9.17, 15) is 4.79 Å². The Morgan fingerprint density at radius 3 is 2.64 bits per heavy atom. The Bertz CT molecular complexity index is 160. The molecule has 1 amide bonds. The van der Waals surface area contributed by atoms with Crippen molar-refractivity contribution in [3.05, 3.63) is 0 Å². The van der Waals surface area contributed by atoms with Crippen molar-refractivity contribution in [2.75, 3.05) is 13.2 Å². The second-order valence-electron chi connectivity index (χ2n) is 3.96. The molecule has 4 heteroatoms. The zero-order chi connectivity index (χ0) is 11.0. The maximum atomic E-state index is 11.1. The van der Waals surface area contributed by atoms with E-state index in [1.807, 2.05) is 13.8 Å². The first-order valence-electron chi connectivity index (χ1n) is 5.19. The molecule has 2 unspecified atom stereocenters. The van der Waals surface area contributed by atoms with Crippen LogP contribution in [0.15, 0.2) is 0 Å². The molecule has 0 aromatic heterocycles. The van der Waals surface area contributed by atoms with Gasteiger partial charge in [-0.3, -0.25) is 4.79 Å². The molecular formula is C10H22N2O2. The number of hydrogen-bond acceptors (Lipinski definition) is 3. The lowest BCUT2D eigenvalue weighted by atomic mass is 10.1. The number of hydrogen-bond donors (Lipinski definition) is 3. The highest BCUT2D eigenvalue weighted by Gasteiger charge is 2.04. The fraction of sp³-hybridized carbons (Fsp3) is 0.900. The van der Waals surface area contributed by atoms with Crippen molar-refractivity contribution < 1.29 is 9.90 Å². The zero-order valence-corrected chi connectivity index (χ0v) is 9.12. The van der Waals surface area contributed by atoms with Crippen molar-refractivity contribution in [1.29, 1.82) is 0 Å². The lowest BCUT2D eigenvalue weighted by molar-refractivity contribution is -0.121. The third-order valence-corrected chi connectivity index (χ3v) is 2.01. The van der Waals surface area contributed by atoms with Crippen LogP contribution in [0.3, 0.4) is 0 Å². The summed E-state index contributed by atoms with van der Waals surface area (Å²) in [5, 5.41) is 11.6. The van der Waals surface area contributed by atoms with Gasteiger partial charge in [-0.05, 0) is 25.7 Å². The van der Waals surface area contributed by atoms with Crippen LogP contribution < -0.4 is 11.1 Å². The quantitative estimate of drug-likeness (QED) is 0.518. The van der Waals surface area contributed by atoms with E-state index in [0.29, 0.717) is 18.9 Å². The second kappa shape index (κ2) is 7.76. The maximum Gasteiger partial charge on any atom is 0.221 e. The SMILES string of the molecule is CC(N)CC(=O)NCCCC(C)CO. The first-order valence-corrected chi connectivity index (χ1v) is 5.19. The first kappa shape index (κ1) is 13.4. The molecule has 0 aliphatic rings. The highest BCUT2D eigenvalue weighted by molar-refractivity contribution is 5.76. The largest absolute Gasteiger partial charge is 0.396 e. The van der Waals surface area contributed by atoms with E-state index < -0.39 is 0 Å². The van der Waals surface area contributed by atoms with Gasteiger partial charge in [0, 0.05) is 25.6 Å². The fourth-order valence-electron chi connectivity index (χ4n) is 1.13. The summed E-state index contributed by atoms with van der Waals surface area (Å²) in [4.78, 5) is 11.1. The third-order valence-electron chi connectivity index (χ3n) is 2.01. The molecular weight excluding hydrogens is 180 g/mol. The van der Waals surface area contributed by atoms with E-state index >= 15 is 0 Å². The average Bonchev–Trinajstić information content (AvgIpc) is 2.10. The highest BCUT2D eigenvalue weighted by atomic mass is 16.3. The molecule has 0 aromatic carbocycles. The predicted molar refractivity (Wildman–Crippen MR) is 56.8 cm³/mol. The summed E-state index contributed by atoms with van der Waals surface area (Å²) in [6.07, 6.45) is 2.23. The molecule has 0 fully saturated rings. The van der Waals surface area contributed by atoms with Crippen LogP contribution in [0.25, 0.3) is 0 Å². The Morgan fingerprint density at radius 2 is 2.14 bits per heavy atom. The molecule has 0 saturated heterocycles. The molecule has 0 aliphatic carbocycles. The van der Waals surface area contributed by atoms with Crippen molar-refractivity contribution in [1.82, 2.24) is 5.32 Å². The standard InChI is InChI=1S/C10H22N2O2/c1-8(7-13)4-3-5-12-10(14)6-9(2)11/h8-9,13H,3-7,11H2,1-2H3,(H,12,14). The molecule has 4 N–H and O–H groups in total. The zero-order valence-electron chi connectivity index (χ0n) is 9.12. The molecule has 0 heterocycles. The minimum atomic E-state index is -0.0774. The van der Waals surface area contributed by atoms with E-state index in [2.05, 4.69) is 5.32 Å². The Kier molecular flexibility index (Phi) is 7.42. The molecule has 2 atom stereocenters. The smallest absolute Gasteiger partial charge is 0.221 e. The molecule has 0 bridgehead atoms. The molecule has 4 nitrogen and oxygen atoms in total. The number of carbonyl (C=O) groups is 1. The van der Waals surface area contributed by atoms with E-state index in [0.717, 1.165) is 12.8 Å². The maximum absolute atomic E-state index is 11.1. The van der Waals surface area contributed by atoms with Crippen LogP contribution in [0.4, 0.5) is 0 Å². The van der Waals surface area contributed by atoms with Crippen LogP contribution in [0.2, 0.25) is 0 Å². The second-order valence-corrected chi connectivity index (χ2v) is 3.96. The Labute approximate surface area is 85.9 Å². The predicted octanol–water partition coefficient (Wildman–Crippen LogP) is 0.248. The third kappa shape index (κ3) is 8.01. The van der Waals surface area contributed by atoms with Gasteiger partial charge in [-0.15, -0.1) is 0 Å². The van der Waals surface area contributed by atoms with E-state index in [-0.39, 0.29) is 18.6 Å². The molecule has 0 aromatic rings. The molecule has 0 rings (SSSR count). The lowest BCUT2D eigenvalue weighted by Crippen LogP contribution is -2.30. The van der Waals surface area contributed by atoms with Gasteiger partial charge in [-0.1, -0.05) is 6.92 Å². The van der Waals surface area contributed by atoms with Gasteiger partial charge in [0.05, 0.1) is 0 Å². The lowest BCUT2D eigenvalue weighted by Gasteiger charge is -2.09. The minimum absolute atomic E-state index is 0.0108. The van der Waals surface area contributed by atoms with Gasteiger partial charge in [0.1, 0.15) is 0 Å². The van der Waals surface area contributed by atoms with Gasteiger partial charge in [-0.25, -0.2) is 0 Å².